The molecular formula is C25H18O8. The summed E-state index contributed by atoms with van der Waals surface area (Å²) in [6.07, 6.45) is -0.0189. The third-order valence-corrected chi connectivity index (χ3v) is 5.68. The van der Waals surface area contributed by atoms with Crippen molar-refractivity contribution in [3.63, 3.8) is 0 Å². The van der Waals surface area contributed by atoms with Crippen molar-refractivity contribution in [2.45, 2.75) is 12.3 Å². The average Bonchev–Trinajstić information content (AvgIpc) is 2.78. The Morgan fingerprint density at radius 3 is 2.39 bits per heavy atom. The monoisotopic (exact) mass is 446 g/mol. The molecule has 5 rings (SSSR count). The minimum Gasteiger partial charge on any atom is -0.508 e. The number of rotatable bonds is 3. The highest BCUT2D eigenvalue weighted by atomic mass is 16.5. The number of ether oxygens (including phenoxy) is 2. The molecule has 1 aliphatic rings. The lowest BCUT2D eigenvalue weighted by molar-refractivity contribution is -0.135. The van der Waals surface area contributed by atoms with Crippen molar-refractivity contribution in [2.24, 2.45) is 0 Å². The Bertz CT molecular complexity index is 1470. The molecule has 4 aromatic rings. The molecule has 1 aliphatic heterocycles. The summed E-state index contributed by atoms with van der Waals surface area (Å²) in [6.45, 7) is 0. The molecule has 0 bridgehead atoms. The van der Waals surface area contributed by atoms with Crippen molar-refractivity contribution in [1.82, 2.24) is 0 Å². The van der Waals surface area contributed by atoms with E-state index in [4.69, 9.17) is 13.9 Å². The zero-order valence-electron chi connectivity index (χ0n) is 17.4. The fourth-order valence-electron chi connectivity index (χ4n) is 4.14. The van der Waals surface area contributed by atoms with E-state index in [1.54, 1.807) is 18.2 Å². The van der Waals surface area contributed by atoms with E-state index >= 15 is 0 Å². The molecule has 0 spiro atoms. The molecule has 0 aliphatic carbocycles. The zero-order valence-corrected chi connectivity index (χ0v) is 17.4. The van der Waals surface area contributed by atoms with Gasteiger partial charge >= 0.3 is 5.97 Å². The summed E-state index contributed by atoms with van der Waals surface area (Å²) >= 11 is 0. The molecule has 0 unspecified atom stereocenters. The predicted molar refractivity (Wildman–Crippen MR) is 118 cm³/mol. The van der Waals surface area contributed by atoms with E-state index in [1.165, 1.54) is 43.5 Å². The van der Waals surface area contributed by atoms with Crippen LogP contribution in [-0.2, 0) is 4.79 Å². The SMILES string of the molecule is COc1ccc(-c2cc(=O)c3c(O)cc4c(c3o2)[C@@H](c2ccc(O)cc2)CC(=O)O4)cc1O. The molecule has 3 N–H and O–H groups in total. The quantitative estimate of drug-likeness (QED) is 0.318. The molecule has 8 heteroatoms. The third-order valence-electron chi connectivity index (χ3n) is 5.68. The Morgan fingerprint density at radius 1 is 0.939 bits per heavy atom. The van der Waals surface area contributed by atoms with Crippen molar-refractivity contribution in [1.29, 1.82) is 0 Å². The van der Waals surface area contributed by atoms with Crippen molar-refractivity contribution >= 4 is 16.9 Å². The summed E-state index contributed by atoms with van der Waals surface area (Å²) in [6, 6.07) is 13.4. The zero-order chi connectivity index (χ0) is 23.3. The number of methoxy groups -OCH3 is 1. The van der Waals surface area contributed by atoms with Crippen LogP contribution in [0.2, 0.25) is 0 Å². The van der Waals surface area contributed by atoms with Crippen LogP contribution >= 0.6 is 0 Å². The van der Waals surface area contributed by atoms with Gasteiger partial charge in [-0.1, -0.05) is 12.1 Å². The Hall–Kier alpha value is -4.46. The molecule has 0 amide bonds. The van der Waals surface area contributed by atoms with Crippen LogP contribution in [0.5, 0.6) is 28.7 Å². The molecule has 0 fully saturated rings. The Labute approximate surface area is 186 Å². The number of benzene rings is 3. The van der Waals surface area contributed by atoms with Crippen molar-refractivity contribution in [2.75, 3.05) is 7.11 Å². The molecule has 1 atom stereocenters. The van der Waals surface area contributed by atoms with Gasteiger partial charge in [-0.3, -0.25) is 9.59 Å². The lowest BCUT2D eigenvalue weighted by atomic mass is 9.85. The van der Waals surface area contributed by atoms with Gasteiger partial charge in [0, 0.05) is 29.2 Å². The van der Waals surface area contributed by atoms with Crippen molar-refractivity contribution < 1.29 is 34.0 Å². The highest BCUT2D eigenvalue weighted by molar-refractivity contribution is 5.93. The summed E-state index contributed by atoms with van der Waals surface area (Å²) in [5.41, 5.74) is 1.13. The summed E-state index contributed by atoms with van der Waals surface area (Å²) in [5, 5.41) is 30.3. The fourth-order valence-corrected chi connectivity index (χ4v) is 4.14. The normalized spacial score (nSPS) is 15.2. The molecule has 3 aromatic carbocycles. The second kappa shape index (κ2) is 7.59. The van der Waals surface area contributed by atoms with Crippen LogP contribution in [0.25, 0.3) is 22.3 Å². The summed E-state index contributed by atoms with van der Waals surface area (Å²) in [4.78, 5) is 25.3. The molecule has 0 radical (unpaired) electrons. The molecule has 2 heterocycles. The minimum absolute atomic E-state index is 0.0189. The number of carbonyl (C=O) groups is 1. The molecule has 8 nitrogen and oxygen atoms in total. The van der Waals surface area contributed by atoms with Gasteiger partial charge < -0.3 is 29.2 Å². The van der Waals surface area contributed by atoms with Crippen LogP contribution < -0.4 is 14.9 Å². The maximum Gasteiger partial charge on any atom is 0.312 e. The van der Waals surface area contributed by atoms with Crippen LogP contribution in [0.4, 0.5) is 0 Å². The Balaban J connectivity index is 1.79. The predicted octanol–water partition coefficient (Wildman–Crippen LogP) is 4.03. The second-order valence-electron chi connectivity index (χ2n) is 7.70. The van der Waals surface area contributed by atoms with Crippen LogP contribution in [0.3, 0.4) is 0 Å². The molecule has 0 saturated carbocycles. The van der Waals surface area contributed by atoms with Gasteiger partial charge in [-0.05, 0) is 35.9 Å². The molecule has 1 aromatic heterocycles. The van der Waals surface area contributed by atoms with Crippen LogP contribution in [0, 0.1) is 0 Å². The topological polar surface area (TPSA) is 126 Å². The Kier molecular flexibility index (Phi) is 4.70. The van der Waals surface area contributed by atoms with Gasteiger partial charge in [-0.25, -0.2) is 0 Å². The number of aromatic hydroxyl groups is 3. The number of carbonyl (C=O) groups excluding carboxylic acids is 1. The molecule has 0 saturated heterocycles. The van der Waals surface area contributed by atoms with Gasteiger partial charge in [-0.2, -0.15) is 0 Å². The van der Waals surface area contributed by atoms with E-state index in [9.17, 15) is 24.9 Å². The van der Waals surface area contributed by atoms with Gasteiger partial charge in [0.25, 0.3) is 0 Å². The van der Waals surface area contributed by atoms with Crippen molar-refractivity contribution in [3.8, 4) is 40.1 Å². The average molecular weight is 446 g/mol. The highest BCUT2D eigenvalue weighted by Crippen LogP contribution is 2.46. The molecule has 166 valence electrons. The largest absolute Gasteiger partial charge is 0.508 e. The minimum atomic E-state index is -0.535. The number of phenols is 3. The smallest absolute Gasteiger partial charge is 0.312 e. The van der Waals surface area contributed by atoms with Crippen molar-refractivity contribution in [3.05, 3.63) is 75.9 Å². The van der Waals surface area contributed by atoms with Crippen LogP contribution in [0.15, 0.2) is 63.8 Å². The van der Waals surface area contributed by atoms with E-state index in [0.717, 1.165) is 0 Å². The number of fused-ring (bicyclic) bond motifs is 3. The summed E-state index contributed by atoms with van der Waals surface area (Å²) < 4.78 is 16.5. The number of esters is 1. The van der Waals surface area contributed by atoms with Gasteiger partial charge in [0.05, 0.1) is 13.5 Å². The van der Waals surface area contributed by atoms with Crippen LogP contribution in [0.1, 0.15) is 23.5 Å². The van der Waals surface area contributed by atoms with E-state index in [2.05, 4.69) is 0 Å². The summed E-state index contributed by atoms with van der Waals surface area (Å²) in [5.74, 6) is -0.970. The first kappa shape index (κ1) is 20.4. The highest BCUT2D eigenvalue weighted by Gasteiger charge is 2.33. The maximum absolute atomic E-state index is 13.0. The van der Waals surface area contributed by atoms with Gasteiger partial charge in [0.1, 0.15) is 34.0 Å². The fraction of sp³-hybridized carbons (Fsp3) is 0.120. The molecule has 33 heavy (non-hydrogen) atoms. The second-order valence-corrected chi connectivity index (χ2v) is 7.70. The third kappa shape index (κ3) is 3.41. The standard InChI is InChI=1S/C25H18O8/c1-31-19-7-4-13(8-16(19)27)20-10-17(28)24-18(29)11-21-23(25(24)33-20)15(9-22(30)32-21)12-2-5-14(26)6-3-12/h2-8,10-11,15,26-27,29H,9H2,1H3/t15-/m1/s1. The van der Waals surface area contributed by atoms with Gasteiger partial charge in [0.15, 0.2) is 16.9 Å². The maximum atomic E-state index is 13.0. The summed E-state index contributed by atoms with van der Waals surface area (Å²) in [7, 11) is 1.42. The van der Waals surface area contributed by atoms with E-state index < -0.39 is 17.3 Å². The number of hydrogen-bond donors (Lipinski definition) is 3. The molecular weight excluding hydrogens is 428 g/mol. The van der Waals surface area contributed by atoms with E-state index in [-0.39, 0.29) is 51.9 Å². The van der Waals surface area contributed by atoms with Gasteiger partial charge in [0.2, 0.25) is 0 Å². The van der Waals surface area contributed by atoms with Gasteiger partial charge in [-0.15, -0.1) is 0 Å². The van der Waals surface area contributed by atoms with Crippen LogP contribution in [-0.4, -0.2) is 28.4 Å². The Morgan fingerprint density at radius 2 is 1.70 bits per heavy atom. The first-order valence-electron chi connectivity index (χ1n) is 10.1. The number of phenolic OH excluding ortho intramolecular Hbond substituents is 3. The first-order valence-corrected chi connectivity index (χ1v) is 10.1. The van der Waals surface area contributed by atoms with E-state index in [0.29, 0.717) is 16.7 Å². The first-order chi connectivity index (χ1) is 15.9. The van der Waals surface area contributed by atoms with E-state index in [1.807, 2.05) is 0 Å². The lowest BCUT2D eigenvalue weighted by Gasteiger charge is -2.26. The lowest BCUT2D eigenvalue weighted by Crippen LogP contribution is -2.22. The number of hydrogen-bond acceptors (Lipinski definition) is 8.